The molecule has 3 aromatic carbocycles. The van der Waals surface area contributed by atoms with E-state index < -0.39 is 6.03 Å². The molecule has 10 nitrogen and oxygen atoms in total. The predicted molar refractivity (Wildman–Crippen MR) is 145 cm³/mol. The summed E-state index contributed by atoms with van der Waals surface area (Å²) < 4.78 is 22.4. The van der Waals surface area contributed by atoms with Crippen molar-refractivity contribution in [3.63, 3.8) is 0 Å². The molecule has 5 rings (SSSR count). The van der Waals surface area contributed by atoms with Gasteiger partial charge in [0.25, 0.3) is 0 Å². The van der Waals surface area contributed by atoms with E-state index >= 15 is 0 Å². The topological polar surface area (TPSA) is 121 Å². The summed E-state index contributed by atoms with van der Waals surface area (Å²) in [7, 11) is 3.13. The van der Waals surface area contributed by atoms with Gasteiger partial charge in [0.05, 0.1) is 30.8 Å². The van der Waals surface area contributed by atoms with Crippen LogP contribution in [-0.4, -0.2) is 35.4 Å². The number of carbonyl (C=O) groups is 1. The summed E-state index contributed by atoms with van der Waals surface area (Å²) in [6.45, 7) is 6.01. The number of anilines is 2. The molecule has 0 aliphatic rings. The van der Waals surface area contributed by atoms with Crippen LogP contribution < -0.4 is 24.8 Å². The molecule has 0 atom stereocenters. The van der Waals surface area contributed by atoms with Crippen LogP contribution >= 0.6 is 0 Å². The Balaban J connectivity index is 1.43. The number of hydrogen-bond acceptors (Lipinski definition) is 8. The zero-order chi connectivity index (χ0) is 26.9. The number of amides is 2. The quantitative estimate of drug-likeness (QED) is 0.263. The predicted octanol–water partition coefficient (Wildman–Crippen LogP) is 6.52. The third-order valence-electron chi connectivity index (χ3n) is 5.93. The van der Waals surface area contributed by atoms with Crippen molar-refractivity contribution < 1.29 is 23.5 Å². The smallest absolute Gasteiger partial charge is 0.324 e. The highest BCUT2D eigenvalue weighted by atomic mass is 16.5. The van der Waals surface area contributed by atoms with Gasteiger partial charge in [-0.15, -0.1) is 0 Å². The second-order valence-corrected chi connectivity index (χ2v) is 9.57. The first-order valence-electron chi connectivity index (χ1n) is 11.9. The molecule has 0 unspecified atom stereocenters. The Labute approximate surface area is 218 Å². The van der Waals surface area contributed by atoms with Crippen LogP contribution in [0.3, 0.4) is 0 Å². The van der Waals surface area contributed by atoms with E-state index in [0.29, 0.717) is 51.3 Å². The molecule has 10 heteroatoms. The molecule has 2 amide bonds. The summed E-state index contributed by atoms with van der Waals surface area (Å²) in [6.07, 6.45) is 1.43. The van der Waals surface area contributed by atoms with E-state index in [1.165, 1.54) is 6.33 Å². The fraction of sp³-hybridized carbons (Fsp3) is 0.214. The molecule has 0 aliphatic carbocycles. The van der Waals surface area contributed by atoms with Crippen molar-refractivity contribution in [2.75, 3.05) is 24.9 Å². The number of methoxy groups -OCH3 is 2. The van der Waals surface area contributed by atoms with E-state index in [1.54, 1.807) is 32.4 Å². The van der Waals surface area contributed by atoms with Crippen molar-refractivity contribution in [3.8, 4) is 23.1 Å². The van der Waals surface area contributed by atoms with Crippen LogP contribution in [0.4, 0.5) is 16.3 Å². The van der Waals surface area contributed by atoms with Crippen molar-refractivity contribution in [1.82, 2.24) is 15.1 Å². The first-order chi connectivity index (χ1) is 18.3. The van der Waals surface area contributed by atoms with E-state index in [-0.39, 0.29) is 5.41 Å². The number of fused-ring (bicyclic) bond motifs is 2. The van der Waals surface area contributed by atoms with Crippen molar-refractivity contribution in [2.45, 2.75) is 26.2 Å². The average molecular weight is 514 g/mol. The fourth-order valence-electron chi connectivity index (χ4n) is 3.98. The molecular formula is C28H27N5O5. The van der Waals surface area contributed by atoms with Gasteiger partial charge in [0, 0.05) is 28.3 Å². The van der Waals surface area contributed by atoms with Crippen LogP contribution in [-0.2, 0) is 5.41 Å². The lowest BCUT2D eigenvalue weighted by atomic mass is 9.93. The molecule has 0 saturated carbocycles. The SMILES string of the molecule is COc1cc2ncnc(Oc3cccc4c(NC(=O)Nc5cc(C(C)(C)C)on5)cccc34)c2cc1OC. The first-order valence-corrected chi connectivity index (χ1v) is 11.9. The molecule has 38 heavy (non-hydrogen) atoms. The lowest BCUT2D eigenvalue weighted by Gasteiger charge is -2.14. The molecule has 0 aliphatic heterocycles. The lowest BCUT2D eigenvalue weighted by molar-refractivity contribution is 0.262. The van der Waals surface area contributed by atoms with Gasteiger partial charge in [-0.25, -0.2) is 14.8 Å². The van der Waals surface area contributed by atoms with Gasteiger partial charge in [-0.1, -0.05) is 50.2 Å². The van der Waals surface area contributed by atoms with Crippen LogP contribution in [0.1, 0.15) is 26.5 Å². The van der Waals surface area contributed by atoms with Gasteiger partial charge >= 0.3 is 6.03 Å². The maximum atomic E-state index is 12.7. The second-order valence-electron chi connectivity index (χ2n) is 9.57. The van der Waals surface area contributed by atoms with Gasteiger partial charge in [0.2, 0.25) is 5.88 Å². The Morgan fingerprint density at radius 3 is 2.32 bits per heavy atom. The van der Waals surface area contributed by atoms with Crippen LogP contribution in [0.2, 0.25) is 0 Å². The molecule has 2 aromatic heterocycles. The molecule has 0 radical (unpaired) electrons. The minimum atomic E-state index is -0.444. The molecule has 0 fully saturated rings. The Hall–Kier alpha value is -4.86. The van der Waals surface area contributed by atoms with Crippen molar-refractivity contribution in [1.29, 1.82) is 0 Å². The maximum absolute atomic E-state index is 12.7. The normalized spacial score (nSPS) is 11.4. The van der Waals surface area contributed by atoms with Crippen molar-refractivity contribution >= 4 is 39.2 Å². The van der Waals surface area contributed by atoms with E-state index in [1.807, 2.05) is 57.2 Å². The van der Waals surface area contributed by atoms with E-state index in [0.717, 1.165) is 10.8 Å². The number of carbonyl (C=O) groups excluding carboxylic acids is 1. The molecule has 0 bridgehead atoms. The Morgan fingerprint density at radius 1 is 0.842 bits per heavy atom. The highest BCUT2D eigenvalue weighted by Crippen LogP contribution is 2.38. The molecule has 0 saturated heterocycles. The first kappa shape index (κ1) is 24.8. The van der Waals surface area contributed by atoms with Crippen LogP contribution in [0.25, 0.3) is 21.7 Å². The Bertz CT molecular complexity index is 1640. The minimum Gasteiger partial charge on any atom is -0.493 e. The summed E-state index contributed by atoms with van der Waals surface area (Å²) in [6, 6.07) is 16.0. The van der Waals surface area contributed by atoms with E-state index in [4.69, 9.17) is 18.7 Å². The van der Waals surface area contributed by atoms with Crippen molar-refractivity contribution in [2.24, 2.45) is 0 Å². The highest BCUT2D eigenvalue weighted by Gasteiger charge is 2.20. The van der Waals surface area contributed by atoms with E-state index in [9.17, 15) is 4.79 Å². The fourth-order valence-corrected chi connectivity index (χ4v) is 3.98. The number of aromatic nitrogens is 3. The second kappa shape index (κ2) is 9.89. The number of rotatable bonds is 6. The average Bonchev–Trinajstić information content (AvgIpc) is 3.37. The van der Waals surface area contributed by atoms with Gasteiger partial charge in [-0.3, -0.25) is 5.32 Å². The lowest BCUT2D eigenvalue weighted by Crippen LogP contribution is -2.19. The number of nitrogens with zero attached hydrogens (tertiary/aromatic N) is 3. The standard InChI is InChI=1S/C28H27N5O5/c1-28(2,3)24-14-25(33-38-24)32-27(34)31-19-10-6-9-17-16(19)8-7-11-21(17)37-26-18-12-22(35-4)23(36-5)13-20(18)29-15-30-26/h6-15H,1-5H3,(H2,31,32,33,34). The van der Waals surface area contributed by atoms with Gasteiger partial charge in [0.15, 0.2) is 17.3 Å². The Kier molecular flexibility index (Phi) is 6.46. The third kappa shape index (κ3) is 4.88. The maximum Gasteiger partial charge on any atom is 0.324 e. The molecule has 2 heterocycles. The summed E-state index contributed by atoms with van der Waals surface area (Å²) >= 11 is 0. The third-order valence-corrected chi connectivity index (χ3v) is 5.93. The number of nitrogens with one attached hydrogen (secondary N) is 2. The van der Waals surface area contributed by atoms with Gasteiger partial charge in [-0.05, 0) is 18.2 Å². The zero-order valence-electron chi connectivity index (χ0n) is 21.7. The van der Waals surface area contributed by atoms with E-state index in [2.05, 4.69) is 25.8 Å². The molecule has 2 N–H and O–H groups in total. The zero-order valence-corrected chi connectivity index (χ0v) is 21.7. The summed E-state index contributed by atoms with van der Waals surface area (Å²) in [5.74, 6) is 3.03. The van der Waals surface area contributed by atoms with Crippen LogP contribution in [0.15, 0.2) is 65.4 Å². The van der Waals surface area contributed by atoms with Crippen molar-refractivity contribution in [3.05, 3.63) is 66.7 Å². The number of hydrogen-bond donors (Lipinski definition) is 2. The summed E-state index contributed by atoms with van der Waals surface area (Å²) in [5, 5.41) is 11.8. The number of urea groups is 1. The number of benzene rings is 3. The largest absolute Gasteiger partial charge is 0.493 e. The summed E-state index contributed by atoms with van der Waals surface area (Å²) in [5.41, 5.74) is 1.03. The minimum absolute atomic E-state index is 0.221. The van der Waals surface area contributed by atoms with Crippen LogP contribution in [0, 0.1) is 0 Å². The molecule has 5 aromatic rings. The highest BCUT2D eigenvalue weighted by molar-refractivity contribution is 6.07. The van der Waals surface area contributed by atoms with Gasteiger partial charge in [0.1, 0.15) is 17.8 Å². The molecular weight excluding hydrogens is 486 g/mol. The number of ether oxygens (including phenoxy) is 3. The molecule has 194 valence electrons. The van der Waals surface area contributed by atoms with Crippen LogP contribution in [0.5, 0.6) is 23.1 Å². The Morgan fingerprint density at radius 2 is 1.58 bits per heavy atom. The molecule has 0 spiro atoms. The summed E-state index contributed by atoms with van der Waals surface area (Å²) in [4.78, 5) is 21.4. The van der Waals surface area contributed by atoms with Gasteiger partial charge < -0.3 is 24.1 Å². The van der Waals surface area contributed by atoms with Gasteiger partial charge in [-0.2, -0.15) is 0 Å². The monoisotopic (exact) mass is 513 g/mol.